The number of halogens is 1. The number of hydrogen-bond acceptors (Lipinski definition) is 1. The molecule has 0 atom stereocenters. The third kappa shape index (κ3) is 3.41. The van der Waals surface area contributed by atoms with Crippen molar-refractivity contribution in [2.45, 2.75) is 19.8 Å². The predicted molar refractivity (Wildman–Crippen MR) is 59.4 cm³/mol. The summed E-state index contributed by atoms with van der Waals surface area (Å²) in [7, 11) is 0. The number of rotatable bonds is 2. The highest BCUT2D eigenvalue weighted by Crippen LogP contribution is 2.15. The molecule has 0 saturated carbocycles. The molecule has 2 heteroatoms. The number of benzene rings is 1. The largest absolute Gasteiger partial charge is 0.396 e. The van der Waals surface area contributed by atoms with Gasteiger partial charge in [0.2, 0.25) is 0 Å². The molecule has 0 bridgehead atoms. The molecule has 0 amide bonds. The third-order valence-corrected chi connectivity index (χ3v) is 2.27. The van der Waals surface area contributed by atoms with Gasteiger partial charge in [-0.05, 0) is 37.1 Å². The van der Waals surface area contributed by atoms with Crippen LogP contribution in [0.5, 0.6) is 0 Å². The number of aliphatic hydroxyl groups is 1. The van der Waals surface area contributed by atoms with Gasteiger partial charge in [0.05, 0.1) is 0 Å². The van der Waals surface area contributed by atoms with Gasteiger partial charge in [0.1, 0.15) is 0 Å². The fraction of sp³-hybridized carbons (Fsp3) is 0.333. The molecular formula is C12H13ClO. The summed E-state index contributed by atoms with van der Waals surface area (Å²) >= 11 is 5.88. The monoisotopic (exact) mass is 208 g/mol. The first-order valence-corrected chi connectivity index (χ1v) is 4.97. The molecular weight excluding hydrogens is 196 g/mol. The summed E-state index contributed by atoms with van der Waals surface area (Å²) in [5.41, 5.74) is 2.02. The normalized spacial score (nSPS) is 9.36. The van der Waals surface area contributed by atoms with Crippen molar-refractivity contribution in [2.24, 2.45) is 0 Å². The van der Waals surface area contributed by atoms with Gasteiger partial charge in [0.15, 0.2) is 0 Å². The van der Waals surface area contributed by atoms with Crippen molar-refractivity contribution in [3.05, 3.63) is 34.3 Å². The van der Waals surface area contributed by atoms with Gasteiger partial charge in [-0.15, -0.1) is 0 Å². The van der Waals surface area contributed by atoms with Crippen molar-refractivity contribution >= 4 is 11.6 Å². The van der Waals surface area contributed by atoms with E-state index in [4.69, 9.17) is 16.7 Å². The second kappa shape index (κ2) is 5.70. The van der Waals surface area contributed by atoms with E-state index < -0.39 is 0 Å². The molecule has 0 spiro atoms. The molecule has 14 heavy (non-hydrogen) atoms. The molecule has 0 aliphatic rings. The van der Waals surface area contributed by atoms with Crippen molar-refractivity contribution in [1.29, 1.82) is 0 Å². The average Bonchev–Trinajstić information content (AvgIpc) is 2.18. The molecule has 74 valence electrons. The fourth-order valence-electron chi connectivity index (χ4n) is 1.05. The lowest BCUT2D eigenvalue weighted by atomic mass is 10.1. The van der Waals surface area contributed by atoms with Gasteiger partial charge in [0, 0.05) is 23.6 Å². The minimum absolute atomic E-state index is 0.203. The molecule has 0 saturated heterocycles. The lowest BCUT2D eigenvalue weighted by Crippen LogP contribution is -1.81. The molecule has 0 aliphatic heterocycles. The maximum absolute atomic E-state index is 8.56. The summed E-state index contributed by atoms with van der Waals surface area (Å²) in [5.74, 6) is 6.02. The summed E-state index contributed by atoms with van der Waals surface area (Å²) in [5, 5.41) is 9.33. The maximum atomic E-state index is 8.56. The molecule has 0 aliphatic carbocycles. The van der Waals surface area contributed by atoms with Gasteiger partial charge < -0.3 is 5.11 Å². The third-order valence-electron chi connectivity index (χ3n) is 1.85. The highest BCUT2D eigenvalue weighted by molar-refractivity contribution is 6.31. The Morgan fingerprint density at radius 2 is 2.21 bits per heavy atom. The minimum Gasteiger partial charge on any atom is -0.396 e. The van der Waals surface area contributed by atoms with Crippen LogP contribution >= 0.6 is 11.6 Å². The van der Waals surface area contributed by atoms with Crippen LogP contribution in [0.25, 0.3) is 0 Å². The fourth-order valence-corrected chi connectivity index (χ4v) is 1.17. The van der Waals surface area contributed by atoms with Gasteiger partial charge in [-0.3, -0.25) is 0 Å². The van der Waals surface area contributed by atoms with Gasteiger partial charge in [0.25, 0.3) is 0 Å². The number of unbranched alkanes of at least 4 members (excludes halogenated alkanes) is 1. The molecule has 0 fully saturated rings. The van der Waals surface area contributed by atoms with E-state index in [0.717, 1.165) is 29.0 Å². The molecule has 0 heterocycles. The first-order chi connectivity index (χ1) is 6.74. The standard InChI is InChI=1S/C12H13ClO/c1-10-9-11(6-7-12(10)13)5-3-2-4-8-14/h6-7,9,14H,2,4,8H2,1H3. The van der Waals surface area contributed by atoms with E-state index in [9.17, 15) is 0 Å². The van der Waals surface area contributed by atoms with Gasteiger partial charge in [-0.2, -0.15) is 0 Å². The molecule has 1 aromatic rings. The maximum Gasteiger partial charge on any atom is 0.0440 e. The van der Waals surface area contributed by atoms with Crippen LogP contribution in [0.1, 0.15) is 24.0 Å². The molecule has 0 radical (unpaired) electrons. The predicted octanol–water partition coefficient (Wildman–Crippen LogP) is 2.77. The van der Waals surface area contributed by atoms with Crippen LogP contribution < -0.4 is 0 Å². The molecule has 1 rings (SSSR count). The van der Waals surface area contributed by atoms with E-state index in [1.807, 2.05) is 25.1 Å². The molecule has 0 unspecified atom stereocenters. The van der Waals surface area contributed by atoms with E-state index in [1.54, 1.807) is 0 Å². The van der Waals surface area contributed by atoms with Gasteiger partial charge in [-0.25, -0.2) is 0 Å². The topological polar surface area (TPSA) is 20.2 Å². The zero-order chi connectivity index (χ0) is 10.4. The van der Waals surface area contributed by atoms with Crippen LogP contribution in [-0.2, 0) is 0 Å². The summed E-state index contributed by atoms with van der Waals surface area (Å²) in [6.45, 7) is 2.16. The quantitative estimate of drug-likeness (QED) is 0.586. The van der Waals surface area contributed by atoms with E-state index in [-0.39, 0.29) is 6.61 Å². The van der Waals surface area contributed by atoms with Crippen molar-refractivity contribution < 1.29 is 5.11 Å². The second-order valence-electron chi connectivity index (χ2n) is 3.09. The summed E-state index contributed by atoms with van der Waals surface area (Å²) in [6, 6.07) is 5.72. The first-order valence-electron chi connectivity index (χ1n) is 4.60. The minimum atomic E-state index is 0.203. The Kier molecular flexibility index (Phi) is 4.52. The Balaban J connectivity index is 2.66. The van der Waals surface area contributed by atoms with E-state index in [2.05, 4.69) is 11.8 Å². The highest BCUT2D eigenvalue weighted by Gasteiger charge is 1.93. The smallest absolute Gasteiger partial charge is 0.0440 e. The van der Waals surface area contributed by atoms with Crippen molar-refractivity contribution in [1.82, 2.24) is 0 Å². The van der Waals surface area contributed by atoms with E-state index in [0.29, 0.717) is 0 Å². The Labute approximate surface area is 89.7 Å². The molecule has 0 aromatic heterocycles. The zero-order valence-electron chi connectivity index (χ0n) is 8.18. The van der Waals surface area contributed by atoms with Crippen LogP contribution in [0.3, 0.4) is 0 Å². The van der Waals surface area contributed by atoms with Crippen LogP contribution in [0.2, 0.25) is 5.02 Å². The number of aryl methyl sites for hydroxylation is 1. The van der Waals surface area contributed by atoms with Crippen LogP contribution in [-0.4, -0.2) is 11.7 Å². The highest BCUT2D eigenvalue weighted by atomic mass is 35.5. The van der Waals surface area contributed by atoms with Crippen LogP contribution in [0.4, 0.5) is 0 Å². The summed E-state index contributed by atoms with van der Waals surface area (Å²) in [4.78, 5) is 0. The summed E-state index contributed by atoms with van der Waals surface area (Å²) < 4.78 is 0. The average molecular weight is 209 g/mol. The van der Waals surface area contributed by atoms with E-state index >= 15 is 0 Å². The Morgan fingerprint density at radius 1 is 1.43 bits per heavy atom. The van der Waals surface area contributed by atoms with Crippen LogP contribution in [0, 0.1) is 18.8 Å². The molecule has 1 N–H and O–H groups in total. The zero-order valence-corrected chi connectivity index (χ0v) is 8.93. The van der Waals surface area contributed by atoms with Gasteiger partial charge in [-0.1, -0.05) is 23.4 Å². The SMILES string of the molecule is Cc1cc(C#CCCCO)ccc1Cl. The summed E-state index contributed by atoms with van der Waals surface area (Å²) in [6.07, 6.45) is 1.47. The Hall–Kier alpha value is -0.970. The number of aliphatic hydroxyl groups excluding tert-OH is 1. The molecule has 1 nitrogen and oxygen atoms in total. The van der Waals surface area contributed by atoms with Crippen molar-refractivity contribution in [2.75, 3.05) is 6.61 Å². The van der Waals surface area contributed by atoms with Crippen molar-refractivity contribution in [3.8, 4) is 11.8 Å². The Morgan fingerprint density at radius 3 is 2.86 bits per heavy atom. The first kappa shape index (κ1) is 11.1. The lowest BCUT2D eigenvalue weighted by Gasteiger charge is -1.96. The lowest BCUT2D eigenvalue weighted by molar-refractivity contribution is 0.290. The van der Waals surface area contributed by atoms with Crippen LogP contribution in [0.15, 0.2) is 18.2 Å². The number of hydrogen-bond donors (Lipinski definition) is 1. The Bertz CT molecular complexity index is 360. The second-order valence-corrected chi connectivity index (χ2v) is 3.50. The van der Waals surface area contributed by atoms with Gasteiger partial charge >= 0.3 is 0 Å². The molecule has 1 aromatic carbocycles. The van der Waals surface area contributed by atoms with E-state index in [1.165, 1.54) is 0 Å². The van der Waals surface area contributed by atoms with Crippen molar-refractivity contribution in [3.63, 3.8) is 0 Å².